The summed E-state index contributed by atoms with van der Waals surface area (Å²) in [6, 6.07) is 7.93. The predicted octanol–water partition coefficient (Wildman–Crippen LogP) is 4.92. The highest BCUT2D eigenvalue weighted by atomic mass is 19.3. The molecule has 0 aliphatic carbocycles. The van der Waals surface area contributed by atoms with Crippen LogP contribution in [0.1, 0.15) is 57.1 Å². The van der Waals surface area contributed by atoms with E-state index in [1.807, 2.05) is 6.07 Å². The van der Waals surface area contributed by atoms with Crippen molar-refractivity contribution in [2.45, 2.75) is 45.8 Å². The Morgan fingerprint density at radius 3 is 2.55 bits per heavy atom. The maximum absolute atomic E-state index is 14.2. The number of alkyl carbamates (subject to hydrolysis) is 1. The van der Waals surface area contributed by atoms with E-state index in [1.54, 1.807) is 20.8 Å². The molecule has 1 heterocycles. The van der Waals surface area contributed by atoms with E-state index < -0.39 is 41.1 Å². The molecule has 33 heavy (non-hydrogen) atoms. The summed E-state index contributed by atoms with van der Waals surface area (Å²) in [5.74, 6) is -1.04. The van der Waals surface area contributed by atoms with E-state index in [2.05, 4.69) is 10.3 Å². The minimum absolute atomic E-state index is 0.0172. The molecule has 0 saturated heterocycles. The Morgan fingerprint density at radius 2 is 1.94 bits per heavy atom. The van der Waals surface area contributed by atoms with Crippen molar-refractivity contribution in [2.24, 2.45) is 0 Å². The second kappa shape index (κ2) is 8.94. The Kier molecular flexibility index (Phi) is 6.44. The Balaban J connectivity index is 2.28. The number of alkyl halides is 2. The van der Waals surface area contributed by atoms with Gasteiger partial charge in [0.1, 0.15) is 23.3 Å². The minimum atomic E-state index is -2.99. The van der Waals surface area contributed by atoms with Gasteiger partial charge < -0.3 is 10.1 Å². The molecule has 10 heteroatoms. The van der Waals surface area contributed by atoms with Gasteiger partial charge in [-0.25, -0.2) is 22.9 Å². The van der Waals surface area contributed by atoms with E-state index in [4.69, 9.17) is 4.74 Å². The van der Waals surface area contributed by atoms with Crippen molar-refractivity contribution < 1.29 is 22.7 Å². The molecule has 0 spiro atoms. The van der Waals surface area contributed by atoms with E-state index in [1.165, 1.54) is 25.1 Å². The van der Waals surface area contributed by atoms with Gasteiger partial charge in [0.15, 0.2) is 0 Å². The molecule has 1 amide bonds. The van der Waals surface area contributed by atoms with Crippen molar-refractivity contribution in [1.82, 2.24) is 14.9 Å². The van der Waals surface area contributed by atoms with Gasteiger partial charge in [-0.15, -0.1) is 0 Å². The van der Waals surface area contributed by atoms with Crippen LogP contribution in [-0.4, -0.2) is 21.2 Å². The van der Waals surface area contributed by atoms with Crippen LogP contribution in [0.15, 0.2) is 41.2 Å². The van der Waals surface area contributed by atoms with Crippen molar-refractivity contribution in [3.05, 3.63) is 69.5 Å². The van der Waals surface area contributed by atoms with Gasteiger partial charge in [0, 0.05) is 5.56 Å². The average Bonchev–Trinajstić information content (AvgIpc) is 2.70. The zero-order valence-electron chi connectivity index (χ0n) is 18.3. The van der Waals surface area contributed by atoms with Crippen LogP contribution in [-0.2, 0) is 4.74 Å². The van der Waals surface area contributed by atoms with Crippen LogP contribution >= 0.6 is 0 Å². The van der Waals surface area contributed by atoms with Crippen molar-refractivity contribution in [3.8, 4) is 11.8 Å². The molecular formula is C23H21F3N4O3. The zero-order chi connectivity index (χ0) is 24.5. The van der Waals surface area contributed by atoms with E-state index >= 15 is 0 Å². The molecule has 0 radical (unpaired) electrons. The summed E-state index contributed by atoms with van der Waals surface area (Å²) in [6.45, 7) is 6.52. The number of aromatic nitrogens is 2. The summed E-state index contributed by atoms with van der Waals surface area (Å²) >= 11 is 0. The molecule has 0 aliphatic rings. The summed E-state index contributed by atoms with van der Waals surface area (Å²) in [7, 11) is 0. The van der Waals surface area contributed by atoms with E-state index in [9.17, 15) is 28.0 Å². The van der Waals surface area contributed by atoms with Crippen LogP contribution in [0.5, 0.6) is 0 Å². The Bertz CT molecular complexity index is 1320. The summed E-state index contributed by atoms with van der Waals surface area (Å²) in [4.78, 5) is 30.2. The first-order chi connectivity index (χ1) is 15.4. The lowest BCUT2D eigenvalue weighted by Gasteiger charge is -2.23. The summed E-state index contributed by atoms with van der Waals surface area (Å²) < 4.78 is 47.0. The first kappa shape index (κ1) is 23.8. The van der Waals surface area contributed by atoms with Gasteiger partial charge in [0.05, 0.1) is 28.2 Å². The van der Waals surface area contributed by atoms with Crippen LogP contribution in [0.4, 0.5) is 18.0 Å². The van der Waals surface area contributed by atoms with Gasteiger partial charge >= 0.3 is 6.09 Å². The van der Waals surface area contributed by atoms with Gasteiger partial charge in [-0.1, -0.05) is 6.07 Å². The SMILES string of the molecule is C[C@H](NC(=O)OC(C)(C)C)c1nc2cccc(C#N)c2c(=O)n1-c1cc(F)cc(C(F)F)c1. The third kappa shape index (κ3) is 5.14. The molecule has 1 aromatic heterocycles. The summed E-state index contributed by atoms with van der Waals surface area (Å²) in [5, 5.41) is 11.9. The van der Waals surface area contributed by atoms with E-state index in [0.717, 1.165) is 16.7 Å². The fourth-order valence-electron chi connectivity index (χ4n) is 3.28. The van der Waals surface area contributed by atoms with Crippen LogP contribution in [0.25, 0.3) is 16.6 Å². The molecule has 0 unspecified atom stereocenters. The van der Waals surface area contributed by atoms with Gasteiger partial charge in [-0.2, -0.15) is 5.26 Å². The number of nitrogens with zero attached hydrogens (tertiary/aromatic N) is 3. The fraction of sp³-hybridized carbons (Fsp3) is 0.304. The summed E-state index contributed by atoms with van der Waals surface area (Å²) in [6.07, 6.45) is -3.78. The lowest BCUT2D eigenvalue weighted by Crippen LogP contribution is -2.37. The second-order valence-electron chi connectivity index (χ2n) is 8.33. The molecule has 3 aromatic rings. The molecule has 7 nitrogen and oxygen atoms in total. The van der Waals surface area contributed by atoms with Gasteiger partial charge in [-0.05, 0) is 58.0 Å². The molecule has 0 aliphatic heterocycles. The third-order valence-corrected chi connectivity index (χ3v) is 4.58. The lowest BCUT2D eigenvalue weighted by atomic mass is 10.1. The van der Waals surface area contributed by atoms with Crippen molar-refractivity contribution >= 4 is 17.0 Å². The standard InChI is InChI=1S/C23H21F3N4O3/c1-12(28-22(32)33-23(2,3)4)20-29-17-7-5-6-13(11-27)18(17)21(31)30(20)16-9-14(19(25)26)8-15(24)10-16/h5-10,12,19H,1-4H3,(H,28,32)/t12-/m0/s1. The van der Waals surface area contributed by atoms with Gasteiger partial charge in [-0.3, -0.25) is 9.36 Å². The smallest absolute Gasteiger partial charge is 0.408 e. The molecule has 172 valence electrons. The number of hydrogen-bond acceptors (Lipinski definition) is 5. The highest BCUT2D eigenvalue weighted by Crippen LogP contribution is 2.25. The largest absolute Gasteiger partial charge is 0.444 e. The number of hydrogen-bond donors (Lipinski definition) is 1. The van der Waals surface area contributed by atoms with Crippen LogP contribution < -0.4 is 10.9 Å². The van der Waals surface area contributed by atoms with Crippen molar-refractivity contribution in [1.29, 1.82) is 5.26 Å². The second-order valence-corrected chi connectivity index (χ2v) is 8.33. The zero-order valence-corrected chi connectivity index (χ0v) is 18.3. The number of amides is 1. The van der Waals surface area contributed by atoms with Crippen LogP contribution in [0.2, 0.25) is 0 Å². The van der Waals surface area contributed by atoms with Crippen molar-refractivity contribution in [2.75, 3.05) is 0 Å². The normalized spacial score (nSPS) is 12.5. The molecule has 2 aromatic carbocycles. The maximum atomic E-state index is 14.2. The number of carbonyl (C=O) groups is 1. The fourth-order valence-corrected chi connectivity index (χ4v) is 3.28. The van der Waals surface area contributed by atoms with E-state index in [0.29, 0.717) is 6.07 Å². The topological polar surface area (TPSA) is 97.0 Å². The van der Waals surface area contributed by atoms with E-state index in [-0.39, 0.29) is 28.0 Å². The number of nitriles is 1. The molecular weight excluding hydrogens is 437 g/mol. The Hall–Kier alpha value is -3.87. The molecule has 1 N–H and O–H groups in total. The number of halogens is 3. The first-order valence-electron chi connectivity index (χ1n) is 9.95. The number of ether oxygens (including phenoxy) is 1. The number of benzene rings is 2. The molecule has 0 saturated carbocycles. The average molecular weight is 458 g/mol. The summed E-state index contributed by atoms with van der Waals surface area (Å²) in [5.41, 5.74) is -2.24. The highest BCUT2D eigenvalue weighted by Gasteiger charge is 2.24. The highest BCUT2D eigenvalue weighted by molar-refractivity contribution is 5.84. The maximum Gasteiger partial charge on any atom is 0.408 e. The number of fused-ring (bicyclic) bond motifs is 1. The molecule has 3 rings (SSSR count). The quantitative estimate of drug-likeness (QED) is 0.599. The molecule has 0 bridgehead atoms. The monoisotopic (exact) mass is 458 g/mol. The minimum Gasteiger partial charge on any atom is -0.444 e. The molecule has 1 atom stereocenters. The van der Waals surface area contributed by atoms with Crippen LogP contribution in [0.3, 0.4) is 0 Å². The van der Waals surface area contributed by atoms with Gasteiger partial charge in [0.2, 0.25) is 0 Å². The first-order valence-corrected chi connectivity index (χ1v) is 9.95. The Labute approximate surface area is 187 Å². The van der Waals surface area contributed by atoms with Gasteiger partial charge in [0.25, 0.3) is 12.0 Å². The Morgan fingerprint density at radius 1 is 1.24 bits per heavy atom. The van der Waals surface area contributed by atoms with Crippen molar-refractivity contribution in [3.63, 3.8) is 0 Å². The predicted molar refractivity (Wildman–Crippen MR) is 115 cm³/mol. The third-order valence-electron chi connectivity index (χ3n) is 4.58. The number of rotatable bonds is 4. The molecule has 0 fully saturated rings. The van der Waals surface area contributed by atoms with Crippen LogP contribution in [0, 0.1) is 17.1 Å². The number of nitrogens with one attached hydrogen (secondary N) is 1. The lowest BCUT2D eigenvalue weighted by molar-refractivity contribution is 0.0505. The number of carbonyl (C=O) groups excluding carboxylic acids is 1.